The molecule has 2 aliphatic rings. The monoisotopic (exact) mass is 391 g/mol. The predicted molar refractivity (Wildman–Crippen MR) is 90.6 cm³/mol. The van der Waals surface area contributed by atoms with E-state index < -0.39 is 32.8 Å². The van der Waals surface area contributed by atoms with Crippen LogP contribution >= 0.6 is 0 Å². The molecule has 1 unspecified atom stereocenters. The molecule has 1 atom stereocenters. The molecule has 8 nitrogen and oxygen atoms in total. The van der Waals surface area contributed by atoms with Crippen molar-refractivity contribution in [1.82, 2.24) is 4.90 Å². The molecule has 11 heteroatoms. The lowest BCUT2D eigenvalue weighted by Gasteiger charge is -2.38. The summed E-state index contributed by atoms with van der Waals surface area (Å²) in [5.74, 6) is -0.0716. The highest BCUT2D eigenvalue weighted by molar-refractivity contribution is 7.91. The number of piperazine rings is 1. The number of anilines is 1. The summed E-state index contributed by atoms with van der Waals surface area (Å²) >= 11 is 0. The van der Waals surface area contributed by atoms with Gasteiger partial charge in [0.1, 0.15) is 0 Å². The van der Waals surface area contributed by atoms with Gasteiger partial charge in [-0.15, -0.1) is 0 Å². The smallest absolute Gasteiger partial charge is 0.387 e. The normalized spacial score (nSPS) is 23.3. The molecule has 0 radical (unpaired) electrons. The first kappa shape index (κ1) is 18.8. The van der Waals surface area contributed by atoms with Crippen molar-refractivity contribution in [2.75, 3.05) is 42.6 Å². The second kappa shape index (κ2) is 7.31. The Hall–Kier alpha value is -2.01. The van der Waals surface area contributed by atoms with Gasteiger partial charge < -0.3 is 9.64 Å². The third-order valence-electron chi connectivity index (χ3n) is 4.76. The van der Waals surface area contributed by atoms with E-state index in [2.05, 4.69) is 9.64 Å². The minimum absolute atomic E-state index is 0.0248. The van der Waals surface area contributed by atoms with Gasteiger partial charge in [-0.1, -0.05) is 0 Å². The molecule has 0 spiro atoms. The second-order valence-electron chi connectivity index (χ2n) is 6.37. The van der Waals surface area contributed by atoms with E-state index in [1.165, 1.54) is 12.1 Å². The highest BCUT2D eigenvalue weighted by atomic mass is 32.2. The van der Waals surface area contributed by atoms with Crippen molar-refractivity contribution >= 4 is 21.2 Å². The van der Waals surface area contributed by atoms with Crippen molar-refractivity contribution in [3.63, 3.8) is 0 Å². The number of nitro groups is 1. The number of hydrogen-bond acceptors (Lipinski definition) is 7. The molecule has 0 aromatic heterocycles. The van der Waals surface area contributed by atoms with Gasteiger partial charge in [-0.2, -0.15) is 8.78 Å². The summed E-state index contributed by atoms with van der Waals surface area (Å²) in [4.78, 5) is 14.2. The molecule has 2 heterocycles. The summed E-state index contributed by atoms with van der Waals surface area (Å²) in [7, 11) is -2.95. The standard InChI is InChI=1S/C15H19F2N3O5S/c16-15(17)25-14-9-11(1-2-13(14)20(21)22)18-4-6-19(7-5-18)12-3-8-26(23,24)10-12/h1-2,9,12,15H,3-8,10H2. The summed E-state index contributed by atoms with van der Waals surface area (Å²) < 4.78 is 52.5. The van der Waals surface area contributed by atoms with Crippen LogP contribution in [0, 0.1) is 10.1 Å². The predicted octanol–water partition coefficient (Wildman–Crippen LogP) is 1.51. The molecule has 2 aliphatic heterocycles. The molecule has 1 aromatic rings. The zero-order valence-corrected chi connectivity index (χ0v) is 14.7. The Balaban J connectivity index is 1.68. The lowest BCUT2D eigenvalue weighted by molar-refractivity contribution is -0.386. The van der Waals surface area contributed by atoms with E-state index in [9.17, 15) is 27.3 Å². The molecular weight excluding hydrogens is 372 g/mol. The van der Waals surface area contributed by atoms with E-state index >= 15 is 0 Å². The first-order valence-corrected chi connectivity index (χ1v) is 10.00. The summed E-state index contributed by atoms with van der Waals surface area (Å²) in [5, 5.41) is 10.9. The third-order valence-corrected chi connectivity index (χ3v) is 6.51. The van der Waals surface area contributed by atoms with Gasteiger partial charge in [0.25, 0.3) is 0 Å². The Morgan fingerprint density at radius 2 is 1.92 bits per heavy atom. The van der Waals surface area contributed by atoms with Crippen LogP contribution in [0.1, 0.15) is 6.42 Å². The van der Waals surface area contributed by atoms with Crippen LogP contribution in [0.25, 0.3) is 0 Å². The quantitative estimate of drug-likeness (QED) is 0.555. The number of sulfone groups is 1. The highest BCUT2D eigenvalue weighted by Crippen LogP contribution is 2.33. The Kier molecular flexibility index (Phi) is 5.28. The molecule has 0 N–H and O–H groups in total. The van der Waals surface area contributed by atoms with Gasteiger partial charge in [-0.05, 0) is 12.5 Å². The lowest BCUT2D eigenvalue weighted by atomic mass is 10.1. The number of rotatable bonds is 5. The van der Waals surface area contributed by atoms with Gasteiger partial charge in [0.2, 0.25) is 5.75 Å². The van der Waals surface area contributed by atoms with Crippen molar-refractivity contribution in [3.05, 3.63) is 28.3 Å². The molecule has 144 valence electrons. The molecule has 2 saturated heterocycles. The van der Waals surface area contributed by atoms with Crippen LogP contribution in [0.5, 0.6) is 5.75 Å². The lowest BCUT2D eigenvalue weighted by Crippen LogP contribution is -2.50. The molecular formula is C15H19F2N3O5S. The van der Waals surface area contributed by atoms with Gasteiger partial charge >= 0.3 is 12.3 Å². The number of hydrogen-bond donors (Lipinski definition) is 0. The zero-order valence-electron chi connectivity index (χ0n) is 13.9. The molecule has 0 bridgehead atoms. The molecule has 3 rings (SSSR count). The minimum Gasteiger partial charge on any atom is -0.427 e. The van der Waals surface area contributed by atoms with Crippen molar-refractivity contribution in [2.24, 2.45) is 0 Å². The fourth-order valence-corrected chi connectivity index (χ4v) is 5.21. The molecule has 0 saturated carbocycles. The number of nitrogens with zero attached hydrogens (tertiary/aromatic N) is 3. The summed E-state index contributed by atoms with van der Waals surface area (Å²) in [6, 6.07) is 3.94. The number of nitro benzene ring substituents is 1. The van der Waals surface area contributed by atoms with Gasteiger partial charge in [-0.25, -0.2) is 8.42 Å². The van der Waals surface area contributed by atoms with Crippen LogP contribution in [-0.2, 0) is 9.84 Å². The molecule has 1 aromatic carbocycles. The fraction of sp³-hybridized carbons (Fsp3) is 0.600. The zero-order chi connectivity index (χ0) is 18.9. The Morgan fingerprint density at radius 3 is 2.46 bits per heavy atom. The summed E-state index contributed by atoms with van der Waals surface area (Å²) in [5.41, 5.74) is 0.0498. The van der Waals surface area contributed by atoms with E-state index in [0.717, 1.165) is 6.07 Å². The van der Waals surface area contributed by atoms with Crippen LogP contribution in [0.15, 0.2) is 18.2 Å². The fourth-order valence-electron chi connectivity index (χ4n) is 3.45. The van der Waals surface area contributed by atoms with Crippen molar-refractivity contribution in [1.29, 1.82) is 0 Å². The van der Waals surface area contributed by atoms with E-state index in [0.29, 0.717) is 38.3 Å². The first-order valence-electron chi connectivity index (χ1n) is 8.18. The molecule has 0 amide bonds. The molecule has 26 heavy (non-hydrogen) atoms. The molecule has 2 fully saturated rings. The molecule has 0 aliphatic carbocycles. The van der Waals surface area contributed by atoms with Crippen molar-refractivity contribution < 1.29 is 26.9 Å². The van der Waals surface area contributed by atoms with E-state index in [-0.39, 0.29) is 17.5 Å². The first-order chi connectivity index (χ1) is 12.2. The maximum absolute atomic E-state index is 12.5. The Bertz CT molecular complexity index is 781. The number of halogens is 2. The van der Waals surface area contributed by atoms with Crippen LogP contribution in [0.2, 0.25) is 0 Å². The van der Waals surface area contributed by atoms with Crippen LogP contribution in [-0.4, -0.2) is 68.6 Å². The SMILES string of the molecule is O=[N+]([O-])c1ccc(N2CCN(C3CCS(=O)(=O)C3)CC2)cc1OC(F)F. The number of alkyl halides is 2. The number of ether oxygens (including phenoxy) is 1. The average molecular weight is 391 g/mol. The summed E-state index contributed by atoms with van der Waals surface area (Å²) in [6.07, 6.45) is 0.631. The van der Waals surface area contributed by atoms with E-state index in [1.807, 2.05) is 4.90 Å². The van der Waals surface area contributed by atoms with Crippen molar-refractivity contribution in [3.8, 4) is 5.75 Å². The van der Waals surface area contributed by atoms with Crippen LogP contribution in [0.4, 0.5) is 20.2 Å². The van der Waals surface area contributed by atoms with Gasteiger partial charge in [0.15, 0.2) is 9.84 Å². The summed E-state index contributed by atoms with van der Waals surface area (Å²) in [6.45, 7) is -0.722. The van der Waals surface area contributed by atoms with Crippen molar-refractivity contribution in [2.45, 2.75) is 19.1 Å². The van der Waals surface area contributed by atoms with Gasteiger partial charge in [0.05, 0.1) is 16.4 Å². The Morgan fingerprint density at radius 1 is 1.23 bits per heavy atom. The largest absolute Gasteiger partial charge is 0.427 e. The van der Waals surface area contributed by atoms with Gasteiger partial charge in [0, 0.05) is 50.0 Å². The Labute approximate surface area is 149 Å². The highest BCUT2D eigenvalue weighted by Gasteiger charge is 2.34. The maximum atomic E-state index is 12.5. The topological polar surface area (TPSA) is 93.0 Å². The minimum atomic E-state index is -3.15. The second-order valence-corrected chi connectivity index (χ2v) is 8.60. The van der Waals surface area contributed by atoms with Gasteiger partial charge in [-0.3, -0.25) is 15.0 Å². The van der Waals surface area contributed by atoms with Crippen LogP contribution < -0.4 is 9.64 Å². The number of benzene rings is 1. The van der Waals surface area contributed by atoms with E-state index in [4.69, 9.17) is 0 Å². The maximum Gasteiger partial charge on any atom is 0.387 e. The van der Waals surface area contributed by atoms with E-state index in [1.54, 1.807) is 0 Å². The van der Waals surface area contributed by atoms with Crippen LogP contribution in [0.3, 0.4) is 0 Å². The average Bonchev–Trinajstić information content (AvgIpc) is 2.94. The third kappa shape index (κ3) is 4.21.